The number of amides is 2. The molecule has 1 aliphatic rings. The van der Waals surface area contributed by atoms with Gasteiger partial charge >= 0.3 is 0 Å². The molecule has 2 aromatic carbocycles. The summed E-state index contributed by atoms with van der Waals surface area (Å²) in [6, 6.07) is 12.6. The quantitative estimate of drug-likeness (QED) is 0.667. The summed E-state index contributed by atoms with van der Waals surface area (Å²) in [5, 5.41) is 2.98. The summed E-state index contributed by atoms with van der Waals surface area (Å²) in [7, 11) is -0.847. The second kappa shape index (κ2) is 10.2. The Bertz CT molecular complexity index is 1090. The Balaban J connectivity index is 1.68. The fourth-order valence-corrected chi connectivity index (χ4v) is 5.01. The molecule has 178 valence electrons. The molecule has 1 heterocycles. The van der Waals surface area contributed by atoms with Gasteiger partial charge < -0.3 is 15.0 Å². The van der Waals surface area contributed by atoms with Crippen molar-refractivity contribution in [1.29, 1.82) is 0 Å². The van der Waals surface area contributed by atoms with Gasteiger partial charge in [-0.05, 0) is 55.3 Å². The third kappa shape index (κ3) is 5.65. The van der Waals surface area contributed by atoms with Crippen LogP contribution in [0.5, 0.6) is 5.75 Å². The summed E-state index contributed by atoms with van der Waals surface area (Å²) < 4.78 is 32.6. The van der Waals surface area contributed by atoms with E-state index >= 15 is 0 Å². The molecule has 3 rings (SSSR count). The van der Waals surface area contributed by atoms with Gasteiger partial charge in [-0.1, -0.05) is 19.9 Å². The minimum Gasteiger partial charge on any atom is -0.497 e. The van der Waals surface area contributed by atoms with Crippen molar-refractivity contribution in [3.05, 3.63) is 54.1 Å². The zero-order chi connectivity index (χ0) is 24.2. The van der Waals surface area contributed by atoms with Crippen LogP contribution in [0.4, 0.5) is 5.69 Å². The molecule has 0 aromatic heterocycles. The van der Waals surface area contributed by atoms with Gasteiger partial charge in [0.1, 0.15) is 5.75 Å². The van der Waals surface area contributed by atoms with Crippen molar-refractivity contribution in [2.75, 3.05) is 31.6 Å². The first-order valence-electron chi connectivity index (χ1n) is 11.0. The predicted molar refractivity (Wildman–Crippen MR) is 127 cm³/mol. The maximum absolute atomic E-state index is 13.1. The number of likely N-dealkylation sites (tertiary alicyclic amines) is 1. The number of rotatable bonds is 7. The maximum Gasteiger partial charge on any atom is 0.264 e. The van der Waals surface area contributed by atoms with Crippen LogP contribution in [0.15, 0.2) is 53.4 Å². The lowest BCUT2D eigenvalue weighted by molar-refractivity contribution is -0.135. The SMILES string of the molecule is COc1ccc(N(C)S(=O)(=O)c2cccc(C(=O)NC3CCN(C(=O)C(C)C)CC3)c2)cc1. The first kappa shape index (κ1) is 24.6. The Labute approximate surface area is 195 Å². The van der Waals surface area contributed by atoms with E-state index in [0.29, 0.717) is 37.4 Å². The molecule has 0 saturated carbocycles. The normalized spacial score (nSPS) is 14.8. The maximum atomic E-state index is 13.1. The fourth-order valence-electron chi connectivity index (χ4n) is 3.76. The molecule has 0 bridgehead atoms. The summed E-state index contributed by atoms with van der Waals surface area (Å²) in [6.45, 7) is 4.96. The van der Waals surface area contributed by atoms with Crippen LogP contribution in [-0.2, 0) is 14.8 Å². The first-order chi connectivity index (χ1) is 15.6. The molecule has 33 heavy (non-hydrogen) atoms. The number of hydrogen-bond acceptors (Lipinski definition) is 5. The molecule has 8 nitrogen and oxygen atoms in total. The second-order valence-corrected chi connectivity index (χ2v) is 10.4. The number of anilines is 1. The largest absolute Gasteiger partial charge is 0.497 e. The van der Waals surface area contributed by atoms with Crippen LogP contribution in [0.1, 0.15) is 37.0 Å². The number of sulfonamides is 1. The van der Waals surface area contributed by atoms with Crippen molar-refractivity contribution in [3.8, 4) is 5.75 Å². The van der Waals surface area contributed by atoms with Crippen LogP contribution in [0.25, 0.3) is 0 Å². The highest BCUT2D eigenvalue weighted by atomic mass is 32.2. The molecule has 2 aromatic rings. The highest BCUT2D eigenvalue weighted by Gasteiger charge is 2.26. The minimum atomic E-state index is -3.86. The van der Waals surface area contributed by atoms with Gasteiger partial charge in [0, 0.05) is 37.7 Å². The monoisotopic (exact) mass is 473 g/mol. The summed E-state index contributed by atoms with van der Waals surface area (Å²) in [5.41, 5.74) is 0.758. The molecule has 0 unspecified atom stereocenters. The van der Waals surface area contributed by atoms with E-state index in [2.05, 4.69) is 5.32 Å². The third-order valence-corrected chi connectivity index (χ3v) is 7.61. The number of methoxy groups -OCH3 is 1. The highest BCUT2D eigenvalue weighted by Crippen LogP contribution is 2.25. The van der Waals surface area contributed by atoms with Crippen LogP contribution in [0.3, 0.4) is 0 Å². The van der Waals surface area contributed by atoms with Crippen molar-refractivity contribution in [2.24, 2.45) is 5.92 Å². The van der Waals surface area contributed by atoms with Crippen molar-refractivity contribution in [2.45, 2.75) is 37.6 Å². The zero-order valence-corrected chi connectivity index (χ0v) is 20.3. The van der Waals surface area contributed by atoms with E-state index in [4.69, 9.17) is 4.74 Å². The number of hydrogen-bond donors (Lipinski definition) is 1. The molecule has 1 aliphatic heterocycles. The van der Waals surface area contributed by atoms with Crippen LogP contribution in [0.2, 0.25) is 0 Å². The summed E-state index contributed by atoms with van der Waals surface area (Å²) in [5.74, 6) is 0.381. The molecule has 1 N–H and O–H groups in total. The van der Waals surface area contributed by atoms with Crippen molar-refractivity contribution in [1.82, 2.24) is 10.2 Å². The van der Waals surface area contributed by atoms with Gasteiger partial charge in [-0.2, -0.15) is 0 Å². The number of nitrogens with zero attached hydrogens (tertiary/aromatic N) is 2. The number of nitrogens with one attached hydrogen (secondary N) is 1. The molecule has 1 saturated heterocycles. The van der Waals surface area contributed by atoms with Crippen molar-refractivity contribution >= 4 is 27.5 Å². The molecule has 0 atom stereocenters. The van der Waals surface area contributed by atoms with E-state index in [1.54, 1.807) is 43.5 Å². The zero-order valence-electron chi connectivity index (χ0n) is 19.4. The second-order valence-electron chi connectivity index (χ2n) is 8.43. The van der Waals surface area contributed by atoms with Gasteiger partial charge in [-0.25, -0.2) is 8.42 Å². The Morgan fingerprint density at radius 1 is 1.09 bits per heavy atom. The van der Waals surface area contributed by atoms with E-state index in [1.807, 2.05) is 18.7 Å². The van der Waals surface area contributed by atoms with Gasteiger partial charge in [-0.3, -0.25) is 13.9 Å². The summed E-state index contributed by atoms with van der Waals surface area (Å²) >= 11 is 0. The number of piperidine rings is 1. The summed E-state index contributed by atoms with van der Waals surface area (Å²) in [4.78, 5) is 26.8. The summed E-state index contributed by atoms with van der Waals surface area (Å²) in [6.07, 6.45) is 1.34. The van der Waals surface area contributed by atoms with E-state index in [1.165, 1.54) is 23.5 Å². The number of carbonyl (C=O) groups is 2. The van der Waals surface area contributed by atoms with Crippen LogP contribution < -0.4 is 14.4 Å². The van der Waals surface area contributed by atoms with E-state index in [-0.39, 0.29) is 34.2 Å². The number of benzene rings is 2. The lowest BCUT2D eigenvalue weighted by Gasteiger charge is -2.33. The van der Waals surface area contributed by atoms with Crippen molar-refractivity contribution in [3.63, 3.8) is 0 Å². The Morgan fingerprint density at radius 3 is 2.30 bits per heavy atom. The lowest BCUT2D eigenvalue weighted by atomic mass is 10.0. The third-order valence-electron chi connectivity index (χ3n) is 5.83. The molecule has 0 radical (unpaired) electrons. The fraction of sp³-hybridized carbons (Fsp3) is 0.417. The van der Waals surface area contributed by atoms with Gasteiger partial charge in [0.25, 0.3) is 15.9 Å². The molecular weight excluding hydrogens is 442 g/mol. The van der Waals surface area contributed by atoms with Gasteiger partial charge in [-0.15, -0.1) is 0 Å². The van der Waals surface area contributed by atoms with Gasteiger partial charge in [0.15, 0.2) is 0 Å². The molecular formula is C24H31N3O5S. The van der Waals surface area contributed by atoms with E-state index < -0.39 is 10.0 Å². The number of carbonyl (C=O) groups excluding carboxylic acids is 2. The molecule has 0 spiro atoms. The minimum absolute atomic E-state index is 0.0332. The van der Waals surface area contributed by atoms with Crippen molar-refractivity contribution < 1.29 is 22.7 Å². The smallest absolute Gasteiger partial charge is 0.264 e. The molecule has 1 fully saturated rings. The van der Waals surface area contributed by atoms with Crippen LogP contribution in [-0.4, -0.2) is 58.4 Å². The molecule has 2 amide bonds. The van der Waals surface area contributed by atoms with E-state index in [9.17, 15) is 18.0 Å². The number of ether oxygens (including phenoxy) is 1. The topological polar surface area (TPSA) is 96.0 Å². The average Bonchev–Trinajstić information content (AvgIpc) is 2.83. The Kier molecular flexibility index (Phi) is 7.63. The standard InChI is InChI=1S/C24H31N3O5S/c1-17(2)24(29)27-14-12-19(13-15-27)25-23(28)18-6-5-7-22(16-18)33(30,31)26(3)20-8-10-21(32-4)11-9-20/h5-11,16-17,19H,12-15H2,1-4H3,(H,25,28). The molecule has 9 heteroatoms. The predicted octanol–water partition coefficient (Wildman–Crippen LogP) is 2.90. The van der Waals surface area contributed by atoms with Gasteiger partial charge in [0.05, 0.1) is 17.7 Å². The van der Waals surface area contributed by atoms with Crippen LogP contribution in [0, 0.1) is 5.92 Å². The highest BCUT2D eigenvalue weighted by molar-refractivity contribution is 7.92. The average molecular weight is 474 g/mol. The lowest BCUT2D eigenvalue weighted by Crippen LogP contribution is -2.47. The Hall–Kier alpha value is -3.07. The first-order valence-corrected chi connectivity index (χ1v) is 12.4. The van der Waals surface area contributed by atoms with E-state index in [0.717, 1.165) is 0 Å². The Morgan fingerprint density at radius 2 is 1.73 bits per heavy atom. The molecule has 0 aliphatic carbocycles. The van der Waals surface area contributed by atoms with Crippen LogP contribution >= 0.6 is 0 Å². The van der Waals surface area contributed by atoms with Gasteiger partial charge in [0.2, 0.25) is 5.91 Å².